The van der Waals surface area contributed by atoms with Crippen LogP contribution in [-0.2, 0) is 4.79 Å². The molecule has 0 radical (unpaired) electrons. The van der Waals surface area contributed by atoms with Crippen LogP contribution in [0.25, 0.3) is 0 Å². The van der Waals surface area contributed by atoms with Crippen molar-refractivity contribution in [2.24, 2.45) is 0 Å². The van der Waals surface area contributed by atoms with Gasteiger partial charge in [0.1, 0.15) is 5.69 Å². The highest BCUT2D eigenvalue weighted by atomic mass is 32.1. The Hall–Kier alpha value is -2.25. The molecular formula is C17H20N4O2S. The van der Waals surface area contributed by atoms with Crippen LogP contribution in [0.15, 0.2) is 35.7 Å². The maximum absolute atomic E-state index is 12.9. The van der Waals surface area contributed by atoms with E-state index in [1.807, 2.05) is 35.2 Å². The van der Waals surface area contributed by atoms with Gasteiger partial charge in [0.15, 0.2) is 5.13 Å². The fraction of sp³-hybridized carbons (Fsp3) is 0.353. The molecule has 2 amide bonds. The summed E-state index contributed by atoms with van der Waals surface area (Å²) in [5, 5.41) is 4.78. The molecule has 6 nitrogen and oxygen atoms in total. The standard InChI is InChI=1S/C17H20N4O2S/c1-12(22)18-17-19-14(11-24-17)16(23)21-9-8-20(2)10-15(21)13-6-4-3-5-7-13/h3-7,11,15H,8-10H2,1-2H3,(H,18,19,22)/t15-/m0/s1. The van der Waals surface area contributed by atoms with E-state index in [4.69, 9.17) is 0 Å². The third kappa shape index (κ3) is 3.63. The number of benzene rings is 1. The quantitative estimate of drug-likeness (QED) is 0.927. The number of carbonyl (C=O) groups excluding carboxylic acids is 2. The van der Waals surface area contributed by atoms with Crippen molar-refractivity contribution in [3.05, 3.63) is 47.0 Å². The molecule has 0 aliphatic carbocycles. The maximum Gasteiger partial charge on any atom is 0.274 e. The number of nitrogens with one attached hydrogen (secondary N) is 1. The lowest BCUT2D eigenvalue weighted by Crippen LogP contribution is -2.49. The summed E-state index contributed by atoms with van der Waals surface area (Å²) < 4.78 is 0. The number of anilines is 1. The summed E-state index contributed by atoms with van der Waals surface area (Å²) in [6.45, 7) is 3.70. The fourth-order valence-electron chi connectivity index (χ4n) is 2.85. The minimum atomic E-state index is -0.190. The summed E-state index contributed by atoms with van der Waals surface area (Å²) in [5.41, 5.74) is 1.50. The summed E-state index contributed by atoms with van der Waals surface area (Å²) in [5.74, 6) is -0.282. The van der Waals surface area contributed by atoms with Crippen LogP contribution >= 0.6 is 11.3 Å². The summed E-state index contributed by atoms with van der Waals surface area (Å²) in [6.07, 6.45) is 0. The van der Waals surface area contributed by atoms with Crippen molar-refractivity contribution in [3.63, 3.8) is 0 Å². The van der Waals surface area contributed by atoms with Crippen LogP contribution in [0.3, 0.4) is 0 Å². The number of carbonyl (C=O) groups is 2. The lowest BCUT2D eigenvalue weighted by molar-refractivity contribution is -0.114. The molecule has 126 valence electrons. The topological polar surface area (TPSA) is 65.5 Å². The third-order valence-corrected chi connectivity index (χ3v) is 4.79. The fourth-order valence-corrected chi connectivity index (χ4v) is 3.58. The second-order valence-electron chi connectivity index (χ2n) is 5.91. The van der Waals surface area contributed by atoms with Gasteiger partial charge in [0.05, 0.1) is 6.04 Å². The van der Waals surface area contributed by atoms with E-state index in [0.717, 1.165) is 18.7 Å². The number of nitrogens with zero attached hydrogens (tertiary/aromatic N) is 3. The van der Waals surface area contributed by atoms with E-state index in [0.29, 0.717) is 17.4 Å². The first-order chi connectivity index (χ1) is 11.5. The molecule has 0 saturated carbocycles. The minimum absolute atomic E-state index is 0.00312. The molecule has 1 saturated heterocycles. The number of piperazine rings is 1. The van der Waals surface area contributed by atoms with E-state index in [9.17, 15) is 9.59 Å². The number of amides is 2. The van der Waals surface area contributed by atoms with Gasteiger partial charge in [0, 0.05) is 31.9 Å². The van der Waals surface area contributed by atoms with Crippen LogP contribution < -0.4 is 5.32 Å². The average Bonchev–Trinajstić information content (AvgIpc) is 3.02. The largest absolute Gasteiger partial charge is 0.328 e. The van der Waals surface area contributed by atoms with Crippen LogP contribution in [0.4, 0.5) is 5.13 Å². The Labute approximate surface area is 145 Å². The number of aromatic nitrogens is 1. The first kappa shape index (κ1) is 16.6. The van der Waals surface area contributed by atoms with Gasteiger partial charge >= 0.3 is 0 Å². The van der Waals surface area contributed by atoms with E-state index in [-0.39, 0.29) is 17.9 Å². The average molecular weight is 344 g/mol. The van der Waals surface area contributed by atoms with Gasteiger partial charge in [-0.05, 0) is 12.6 Å². The molecule has 1 fully saturated rings. The number of hydrogen-bond donors (Lipinski definition) is 1. The van der Waals surface area contributed by atoms with E-state index in [1.54, 1.807) is 5.38 Å². The SMILES string of the molecule is CC(=O)Nc1nc(C(=O)N2CCN(C)C[C@H]2c2ccccc2)cs1. The van der Waals surface area contributed by atoms with E-state index in [1.165, 1.54) is 18.3 Å². The lowest BCUT2D eigenvalue weighted by atomic mass is 10.0. The van der Waals surface area contributed by atoms with Gasteiger partial charge in [-0.25, -0.2) is 4.98 Å². The van der Waals surface area contributed by atoms with Gasteiger partial charge < -0.3 is 15.1 Å². The summed E-state index contributed by atoms with van der Waals surface area (Å²) in [4.78, 5) is 32.4. The predicted octanol–water partition coefficient (Wildman–Crippen LogP) is 2.23. The number of likely N-dealkylation sites (N-methyl/N-ethyl adjacent to an activating group) is 1. The Morgan fingerprint density at radius 1 is 1.25 bits per heavy atom. The zero-order valence-electron chi connectivity index (χ0n) is 13.7. The molecular weight excluding hydrogens is 324 g/mol. The molecule has 3 rings (SSSR count). The lowest BCUT2D eigenvalue weighted by Gasteiger charge is -2.40. The molecule has 2 aromatic rings. The van der Waals surface area contributed by atoms with Gasteiger partial charge in [-0.1, -0.05) is 30.3 Å². The molecule has 7 heteroatoms. The molecule has 1 aromatic heterocycles. The van der Waals surface area contributed by atoms with Gasteiger partial charge in [-0.2, -0.15) is 0 Å². The van der Waals surface area contributed by atoms with Crippen molar-refractivity contribution in [2.45, 2.75) is 13.0 Å². The van der Waals surface area contributed by atoms with Crippen LogP contribution in [0.2, 0.25) is 0 Å². The number of rotatable bonds is 3. The Balaban J connectivity index is 1.83. The highest BCUT2D eigenvalue weighted by molar-refractivity contribution is 7.14. The van der Waals surface area contributed by atoms with Gasteiger partial charge in [0.25, 0.3) is 5.91 Å². The molecule has 1 aliphatic heterocycles. The highest BCUT2D eigenvalue weighted by Crippen LogP contribution is 2.27. The smallest absolute Gasteiger partial charge is 0.274 e. The first-order valence-corrected chi connectivity index (χ1v) is 8.70. The molecule has 1 N–H and O–H groups in total. The summed E-state index contributed by atoms with van der Waals surface area (Å²) >= 11 is 1.27. The zero-order chi connectivity index (χ0) is 17.1. The van der Waals surface area contributed by atoms with Crippen LogP contribution in [0.1, 0.15) is 29.0 Å². The predicted molar refractivity (Wildman–Crippen MR) is 94.1 cm³/mol. The van der Waals surface area contributed by atoms with Crippen LogP contribution in [0, 0.1) is 0 Å². The van der Waals surface area contributed by atoms with Crippen molar-refractivity contribution >= 4 is 28.3 Å². The van der Waals surface area contributed by atoms with Gasteiger partial charge in [0.2, 0.25) is 5.91 Å². The molecule has 24 heavy (non-hydrogen) atoms. The second kappa shape index (κ2) is 7.11. The molecule has 1 atom stereocenters. The zero-order valence-corrected chi connectivity index (χ0v) is 14.5. The molecule has 1 aliphatic rings. The maximum atomic E-state index is 12.9. The molecule has 0 unspecified atom stereocenters. The molecule has 2 heterocycles. The molecule has 0 spiro atoms. The van der Waals surface area contributed by atoms with Crippen molar-refractivity contribution < 1.29 is 9.59 Å². The second-order valence-corrected chi connectivity index (χ2v) is 6.76. The van der Waals surface area contributed by atoms with Crippen molar-refractivity contribution in [2.75, 3.05) is 32.0 Å². The van der Waals surface area contributed by atoms with E-state index in [2.05, 4.69) is 22.2 Å². The Kier molecular flexibility index (Phi) is 4.92. The van der Waals surface area contributed by atoms with Crippen LogP contribution in [0.5, 0.6) is 0 Å². The molecule has 0 bridgehead atoms. The van der Waals surface area contributed by atoms with Crippen molar-refractivity contribution in [1.29, 1.82) is 0 Å². The van der Waals surface area contributed by atoms with E-state index < -0.39 is 0 Å². The Morgan fingerprint density at radius 3 is 2.71 bits per heavy atom. The van der Waals surface area contributed by atoms with E-state index >= 15 is 0 Å². The number of thiazole rings is 1. The highest BCUT2D eigenvalue weighted by Gasteiger charge is 2.31. The summed E-state index contributed by atoms with van der Waals surface area (Å²) in [6, 6.07) is 10.1. The first-order valence-electron chi connectivity index (χ1n) is 7.82. The third-order valence-electron chi connectivity index (χ3n) is 4.03. The normalized spacial score (nSPS) is 18.4. The van der Waals surface area contributed by atoms with Crippen LogP contribution in [-0.4, -0.2) is 53.3 Å². The Morgan fingerprint density at radius 2 is 2.00 bits per heavy atom. The summed E-state index contributed by atoms with van der Waals surface area (Å²) in [7, 11) is 2.06. The van der Waals surface area contributed by atoms with Gasteiger partial charge in [-0.15, -0.1) is 11.3 Å². The van der Waals surface area contributed by atoms with Gasteiger partial charge in [-0.3, -0.25) is 9.59 Å². The number of hydrogen-bond acceptors (Lipinski definition) is 5. The van der Waals surface area contributed by atoms with Crippen molar-refractivity contribution in [1.82, 2.24) is 14.8 Å². The minimum Gasteiger partial charge on any atom is -0.328 e. The van der Waals surface area contributed by atoms with Crippen molar-refractivity contribution in [3.8, 4) is 0 Å². The Bertz CT molecular complexity index is 731. The molecule has 1 aromatic carbocycles. The monoisotopic (exact) mass is 344 g/mol.